The van der Waals surface area contributed by atoms with Gasteiger partial charge in [0.2, 0.25) is 0 Å². The third-order valence-electron chi connectivity index (χ3n) is 5.42. The van der Waals surface area contributed by atoms with E-state index in [1.165, 1.54) is 42.6 Å². The Morgan fingerprint density at radius 1 is 1.09 bits per heavy atom. The maximum absolute atomic E-state index is 13.5. The van der Waals surface area contributed by atoms with E-state index >= 15 is 0 Å². The maximum atomic E-state index is 13.5. The molecule has 0 radical (unpaired) electrons. The smallest absolute Gasteiger partial charge is 0.303 e. The zero-order chi connectivity index (χ0) is 25.3. The van der Waals surface area contributed by atoms with E-state index in [0.29, 0.717) is 5.69 Å². The number of nitrogens with one attached hydrogen (secondary N) is 1. The number of carbonyl (C=O) groups excluding carboxylic acids is 1. The molecule has 12 heteroatoms. The van der Waals surface area contributed by atoms with Crippen LogP contribution in [0, 0.1) is 5.92 Å². The number of pyridine rings is 1. The molecule has 0 unspecified atom stereocenters. The molecule has 0 spiro atoms. The Morgan fingerprint density at radius 2 is 1.77 bits per heavy atom. The van der Waals surface area contributed by atoms with Crippen molar-refractivity contribution >= 4 is 68.1 Å². The van der Waals surface area contributed by atoms with Gasteiger partial charge < -0.3 is 10.4 Å². The number of fused-ring (bicyclic) bond motifs is 1. The summed E-state index contributed by atoms with van der Waals surface area (Å²) in [5.74, 6) is -2.13. The van der Waals surface area contributed by atoms with E-state index < -0.39 is 27.8 Å². The summed E-state index contributed by atoms with van der Waals surface area (Å²) in [5.41, 5.74) is 0.905. The summed E-state index contributed by atoms with van der Waals surface area (Å²) < 4.78 is 28.2. The number of carboxylic acids is 1. The number of halogens is 3. The van der Waals surface area contributed by atoms with Crippen LogP contribution >= 0.6 is 34.8 Å². The molecule has 0 aliphatic carbocycles. The van der Waals surface area contributed by atoms with E-state index in [1.54, 1.807) is 12.1 Å². The lowest BCUT2D eigenvalue weighted by atomic mass is 9.94. The molecule has 2 aromatic carbocycles. The minimum Gasteiger partial charge on any atom is -0.481 e. The number of sulfonamides is 1. The first kappa shape index (κ1) is 25.2. The van der Waals surface area contributed by atoms with Gasteiger partial charge in [-0.1, -0.05) is 46.9 Å². The van der Waals surface area contributed by atoms with Crippen molar-refractivity contribution in [3.8, 4) is 0 Å². The number of carboxylic acid groups (broad SMARTS) is 1. The second-order valence-corrected chi connectivity index (χ2v) is 11.0. The minimum atomic E-state index is -4.12. The SMILES string of the molecule is O=C(O)C[C@@H]1Cc2ncc(NC(=O)c3c(Cl)cccc3Cl)cc2N(S(=O)(=O)c2cccc(Cl)c2)C1. The number of rotatable bonds is 6. The molecule has 1 aromatic heterocycles. The Bertz CT molecular complexity index is 1410. The van der Waals surface area contributed by atoms with Gasteiger partial charge in [-0.15, -0.1) is 0 Å². The minimum absolute atomic E-state index is 0.0517. The van der Waals surface area contributed by atoms with Gasteiger partial charge in [-0.2, -0.15) is 0 Å². The summed E-state index contributed by atoms with van der Waals surface area (Å²) in [5, 5.41) is 12.5. The molecule has 0 saturated carbocycles. The average Bonchev–Trinajstić information content (AvgIpc) is 2.78. The normalized spacial score (nSPS) is 15.4. The number of anilines is 2. The maximum Gasteiger partial charge on any atom is 0.303 e. The van der Waals surface area contributed by atoms with E-state index in [4.69, 9.17) is 34.8 Å². The number of aromatic nitrogens is 1. The average molecular weight is 555 g/mol. The van der Waals surface area contributed by atoms with Crippen LogP contribution in [0.5, 0.6) is 0 Å². The van der Waals surface area contributed by atoms with Crippen LogP contribution < -0.4 is 9.62 Å². The number of amides is 1. The van der Waals surface area contributed by atoms with Crippen LogP contribution in [0.15, 0.2) is 59.6 Å². The Kier molecular flexibility index (Phi) is 7.23. The van der Waals surface area contributed by atoms with Crippen molar-refractivity contribution in [3.05, 3.63) is 81.1 Å². The monoisotopic (exact) mass is 553 g/mol. The van der Waals surface area contributed by atoms with Gasteiger partial charge in [-0.05, 0) is 48.7 Å². The number of nitrogens with zero attached hydrogens (tertiary/aromatic N) is 2. The van der Waals surface area contributed by atoms with Gasteiger partial charge in [0.25, 0.3) is 15.9 Å². The molecule has 8 nitrogen and oxygen atoms in total. The number of hydrogen-bond acceptors (Lipinski definition) is 5. The molecule has 1 atom stereocenters. The fourth-order valence-corrected chi connectivity index (χ4v) is 6.30. The standard InChI is InChI=1S/C23H18Cl3N3O5S/c24-14-3-1-4-16(9-14)35(33,34)29-12-13(8-21(30)31)7-19-20(29)10-15(11-27-19)28-23(32)22-17(25)5-2-6-18(22)26/h1-6,9-11,13H,7-8,12H2,(H,28,32)(H,30,31)/t13-/m0/s1. The fraction of sp³-hybridized carbons (Fsp3) is 0.174. The van der Waals surface area contributed by atoms with E-state index in [1.807, 2.05) is 0 Å². The summed E-state index contributed by atoms with van der Waals surface area (Å²) in [6.45, 7) is -0.0798. The van der Waals surface area contributed by atoms with Crippen molar-refractivity contribution in [1.29, 1.82) is 0 Å². The van der Waals surface area contributed by atoms with Crippen molar-refractivity contribution in [2.75, 3.05) is 16.2 Å². The van der Waals surface area contributed by atoms with Gasteiger partial charge in [0.1, 0.15) is 0 Å². The Morgan fingerprint density at radius 3 is 2.43 bits per heavy atom. The first-order valence-electron chi connectivity index (χ1n) is 10.3. The Labute approximate surface area is 216 Å². The fourth-order valence-electron chi connectivity index (χ4n) is 3.87. The number of benzene rings is 2. The lowest BCUT2D eigenvalue weighted by molar-refractivity contribution is -0.138. The molecule has 4 rings (SSSR count). The number of hydrogen-bond donors (Lipinski definition) is 2. The molecule has 1 aliphatic rings. The van der Waals surface area contributed by atoms with E-state index in [0.717, 1.165) is 4.31 Å². The van der Waals surface area contributed by atoms with Crippen molar-refractivity contribution < 1.29 is 23.1 Å². The van der Waals surface area contributed by atoms with Crippen molar-refractivity contribution in [1.82, 2.24) is 4.98 Å². The van der Waals surface area contributed by atoms with Crippen LogP contribution in [0.25, 0.3) is 0 Å². The summed E-state index contributed by atoms with van der Waals surface area (Å²) in [6, 6.07) is 11.9. The van der Waals surface area contributed by atoms with Crippen molar-refractivity contribution in [2.24, 2.45) is 5.92 Å². The van der Waals surface area contributed by atoms with Crippen LogP contribution in [0.4, 0.5) is 11.4 Å². The summed E-state index contributed by atoms with van der Waals surface area (Å²) >= 11 is 18.3. The van der Waals surface area contributed by atoms with Gasteiger partial charge in [-0.3, -0.25) is 18.9 Å². The van der Waals surface area contributed by atoms with Gasteiger partial charge in [0, 0.05) is 11.6 Å². The molecule has 3 aromatic rings. The van der Waals surface area contributed by atoms with Crippen LogP contribution in [0.3, 0.4) is 0 Å². The van der Waals surface area contributed by atoms with E-state index in [2.05, 4.69) is 10.3 Å². The number of aliphatic carboxylic acids is 1. The molecular weight excluding hydrogens is 537 g/mol. The third-order valence-corrected chi connectivity index (χ3v) is 8.06. The van der Waals surface area contributed by atoms with Gasteiger partial charge >= 0.3 is 5.97 Å². The van der Waals surface area contributed by atoms with Crippen molar-refractivity contribution in [3.63, 3.8) is 0 Å². The highest BCUT2D eigenvalue weighted by Gasteiger charge is 2.35. The molecular formula is C23H18Cl3N3O5S. The highest BCUT2D eigenvalue weighted by atomic mass is 35.5. The highest BCUT2D eigenvalue weighted by molar-refractivity contribution is 7.92. The van der Waals surface area contributed by atoms with Gasteiger partial charge in [0.05, 0.1) is 50.2 Å². The lowest BCUT2D eigenvalue weighted by Gasteiger charge is -2.34. The van der Waals surface area contributed by atoms with Crippen molar-refractivity contribution in [2.45, 2.75) is 17.7 Å². The predicted molar refractivity (Wildman–Crippen MR) is 134 cm³/mol. The first-order valence-corrected chi connectivity index (χ1v) is 12.9. The molecule has 0 fully saturated rings. The predicted octanol–water partition coefficient (Wildman–Crippen LogP) is 5.14. The summed E-state index contributed by atoms with van der Waals surface area (Å²) in [7, 11) is -4.12. The lowest BCUT2D eigenvalue weighted by Crippen LogP contribution is -2.41. The van der Waals surface area contributed by atoms with Gasteiger partial charge in [0.15, 0.2) is 0 Å². The molecule has 35 heavy (non-hydrogen) atoms. The molecule has 2 N–H and O–H groups in total. The third kappa shape index (κ3) is 5.38. The van der Waals surface area contributed by atoms with Crippen LogP contribution in [0.1, 0.15) is 22.5 Å². The molecule has 0 bridgehead atoms. The van der Waals surface area contributed by atoms with Crippen LogP contribution in [-0.4, -0.2) is 36.9 Å². The summed E-state index contributed by atoms with van der Waals surface area (Å²) in [6.07, 6.45) is 1.40. The molecule has 2 heterocycles. The first-order chi connectivity index (χ1) is 16.6. The Balaban J connectivity index is 1.74. The second-order valence-electron chi connectivity index (χ2n) is 7.90. The zero-order valence-corrected chi connectivity index (χ0v) is 21.0. The quantitative estimate of drug-likeness (QED) is 0.436. The molecule has 1 aliphatic heterocycles. The number of carbonyl (C=O) groups is 2. The molecule has 0 saturated heterocycles. The van der Waals surface area contributed by atoms with Crippen LogP contribution in [-0.2, 0) is 21.2 Å². The van der Waals surface area contributed by atoms with E-state index in [9.17, 15) is 23.1 Å². The largest absolute Gasteiger partial charge is 0.481 e. The Hall–Kier alpha value is -2.85. The molecule has 182 valence electrons. The topological polar surface area (TPSA) is 117 Å². The summed E-state index contributed by atoms with van der Waals surface area (Å²) in [4.78, 5) is 28.4. The van der Waals surface area contributed by atoms with Crippen LogP contribution in [0.2, 0.25) is 15.1 Å². The van der Waals surface area contributed by atoms with Gasteiger partial charge in [-0.25, -0.2) is 8.42 Å². The second kappa shape index (κ2) is 10.0. The highest BCUT2D eigenvalue weighted by Crippen LogP contribution is 2.36. The zero-order valence-electron chi connectivity index (χ0n) is 17.9. The van der Waals surface area contributed by atoms with E-state index in [-0.39, 0.29) is 56.3 Å². The molecule has 1 amide bonds.